The quantitative estimate of drug-likeness (QED) is 0.486. The molecule has 0 bridgehead atoms. The molecule has 3 aliphatic rings. The number of carbonyl (C=O) groups excluding carboxylic acids is 2. The van der Waals surface area contributed by atoms with E-state index in [9.17, 15) is 14.7 Å². The maximum Gasteiger partial charge on any atom is 0.305 e. The Morgan fingerprint density at radius 3 is 2.53 bits per heavy atom. The van der Waals surface area contributed by atoms with Gasteiger partial charge in [0.25, 0.3) is 5.91 Å². The van der Waals surface area contributed by atoms with Gasteiger partial charge in [-0.25, -0.2) is 0 Å². The molecule has 1 atom stereocenters. The summed E-state index contributed by atoms with van der Waals surface area (Å²) in [5.41, 5.74) is 2.94. The lowest BCUT2D eigenvalue weighted by atomic mass is 9.86. The number of hydrogen-bond donors (Lipinski definition) is 2. The largest absolute Gasteiger partial charge is 0.469 e. The number of allylic oxidation sites excluding steroid dienone is 3. The Balaban J connectivity index is 1.72. The summed E-state index contributed by atoms with van der Waals surface area (Å²) in [5, 5.41) is 14.1. The number of nitrogens with zero attached hydrogens (tertiary/aromatic N) is 1. The second-order valence-electron chi connectivity index (χ2n) is 8.95. The molecule has 0 aromatic rings. The summed E-state index contributed by atoms with van der Waals surface area (Å²) < 4.78 is 4.64. The third kappa shape index (κ3) is 6.10. The van der Waals surface area contributed by atoms with E-state index in [1.165, 1.54) is 63.3 Å². The standard InChI is InChI=1S/C24H38N2O4/c1-30-22(27)14-9-15-25-23(28)20-16-19-12-7-2-3-8-13-21(19)26(24(20)29)17-18-10-5-4-6-11-18/h16,18,24,29H,2-15,17H2,1H3,(H,25,28). The molecule has 1 heterocycles. The van der Waals surface area contributed by atoms with Crippen LogP contribution in [0.2, 0.25) is 0 Å². The van der Waals surface area contributed by atoms with Gasteiger partial charge in [0.1, 0.15) is 0 Å². The van der Waals surface area contributed by atoms with Gasteiger partial charge in [-0.3, -0.25) is 9.59 Å². The Kier molecular flexibility index (Phi) is 8.79. The summed E-state index contributed by atoms with van der Waals surface area (Å²) in [6, 6.07) is 0. The third-order valence-corrected chi connectivity index (χ3v) is 6.74. The molecule has 6 nitrogen and oxygen atoms in total. The molecule has 2 aliphatic carbocycles. The van der Waals surface area contributed by atoms with Crippen molar-refractivity contribution in [2.45, 2.75) is 89.7 Å². The smallest absolute Gasteiger partial charge is 0.305 e. The molecule has 0 aromatic carbocycles. The number of amides is 1. The highest BCUT2D eigenvalue weighted by Gasteiger charge is 2.33. The van der Waals surface area contributed by atoms with Crippen molar-refractivity contribution in [2.75, 3.05) is 20.2 Å². The number of aliphatic hydroxyl groups is 1. The highest BCUT2D eigenvalue weighted by atomic mass is 16.5. The number of methoxy groups -OCH3 is 1. The van der Waals surface area contributed by atoms with Crippen molar-refractivity contribution in [2.24, 2.45) is 5.92 Å². The topological polar surface area (TPSA) is 78.9 Å². The number of rotatable bonds is 7. The van der Waals surface area contributed by atoms with E-state index in [1.807, 2.05) is 6.08 Å². The fourth-order valence-corrected chi connectivity index (χ4v) is 5.01. The van der Waals surface area contributed by atoms with Crippen LogP contribution in [0.25, 0.3) is 0 Å². The highest BCUT2D eigenvalue weighted by Crippen LogP contribution is 2.36. The van der Waals surface area contributed by atoms with Gasteiger partial charge < -0.3 is 20.1 Å². The van der Waals surface area contributed by atoms with Crippen LogP contribution in [0.5, 0.6) is 0 Å². The molecule has 0 radical (unpaired) electrons. The zero-order chi connectivity index (χ0) is 21.3. The summed E-state index contributed by atoms with van der Waals surface area (Å²) in [7, 11) is 1.37. The minimum Gasteiger partial charge on any atom is -0.469 e. The lowest BCUT2D eigenvalue weighted by Crippen LogP contribution is -2.46. The molecule has 1 unspecified atom stereocenters. The lowest BCUT2D eigenvalue weighted by Gasteiger charge is -2.41. The second-order valence-corrected chi connectivity index (χ2v) is 8.95. The number of esters is 1. The number of ether oxygens (including phenoxy) is 1. The van der Waals surface area contributed by atoms with E-state index in [0.29, 0.717) is 24.5 Å². The van der Waals surface area contributed by atoms with E-state index in [1.54, 1.807) is 0 Å². The zero-order valence-electron chi connectivity index (χ0n) is 18.5. The van der Waals surface area contributed by atoms with E-state index in [-0.39, 0.29) is 18.3 Å². The van der Waals surface area contributed by atoms with Crippen LogP contribution >= 0.6 is 0 Å². The van der Waals surface area contributed by atoms with Gasteiger partial charge in [0.15, 0.2) is 6.23 Å². The number of aliphatic hydroxyl groups excluding tert-OH is 1. The monoisotopic (exact) mass is 418 g/mol. The van der Waals surface area contributed by atoms with Crippen molar-refractivity contribution >= 4 is 11.9 Å². The van der Waals surface area contributed by atoms with Crippen LogP contribution in [0.1, 0.15) is 83.5 Å². The molecule has 1 fully saturated rings. The fourth-order valence-electron chi connectivity index (χ4n) is 5.01. The number of nitrogens with one attached hydrogen (secondary N) is 1. The first-order valence-electron chi connectivity index (χ1n) is 11.8. The molecule has 2 N–H and O–H groups in total. The Morgan fingerprint density at radius 2 is 1.80 bits per heavy atom. The molecule has 1 amide bonds. The predicted molar refractivity (Wildman–Crippen MR) is 116 cm³/mol. The van der Waals surface area contributed by atoms with Gasteiger partial charge in [-0.15, -0.1) is 0 Å². The van der Waals surface area contributed by atoms with Crippen molar-refractivity contribution in [1.82, 2.24) is 10.2 Å². The molecule has 168 valence electrons. The summed E-state index contributed by atoms with van der Waals surface area (Å²) in [6.45, 7) is 1.24. The normalized spacial score (nSPS) is 23.2. The molecule has 30 heavy (non-hydrogen) atoms. The van der Waals surface area contributed by atoms with Gasteiger partial charge in [0, 0.05) is 25.2 Å². The highest BCUT2D eigenvalue weighted by molar-refractivity contribution is 5.95. The third-order valence-electron chi connectivity index (χ3n) is 6.74. The van der Waals surface area contributed by atoms with Gasteiger partial charge in [0.2, 0.25) is 0 Å². The van der Waals surface area contributed by atoms with Crippen molar-refractivity contribution in [3.05, 3.63) is 22.9 Å². The number of hydrogen-bond acceptors (Lipinski definition) is 5. The maximum absolute atomic E-state index is 12.9. The van der Waals surface area contributed by atoms with Crippen LogP contribution in [-0.4, -0.2) is 48.3 Å². The van der Waals surface area contributed by atoms with Gasteiger partial charge in [-0.05, 0) is 62.5 Å². The molecule has 1 saturated carbocycles. The van der Waals surface area contributed by atoms with Crippen molar-refractivity contribution in [1.29, 1.82) is 0 Å². The SMILES string of the molecule is COC(=O)CCCNC(=O)C1=CC2=C(CCCCCC2)N(CC2CCCCC2)C1O. The fraction of sp³-hybridized carbons (Fsp3) is 0.750. The summed E-state index contributed by atoms with van der Waals surface area (Å²) >= 11 is 0. The van der Waals surface area contributed by atoms with Crippen LogP contribution < -0.4 is 5.32 Å². The molecular formula is C24H38N2O4. The molecular weight excluding hydrogens is 380 g/mol. The van der Waals surface area contributed by atoms with Crippen LogP contribution in [0.4, 0.5) is 0 Å². The summed E-state index contributed by atoms with van der Waals surface area (Å²) in [5.74, 6) is 0.0915. The Hall–Kier alpha value is -1.82. The predicted octanol–water partition coefficient (Wildman–Crippen LogP) is 3.80. The summed E-state index contributed by atoms with van der Waals surface area (Å²) in [4.78, 5) is 26.3. The number of carbonyl (C=O) groups is 2. The second kappa shape index (κ2) is 11.5. The van der Waals surface area contributed by atoms with Crippen molar-refractivity contribution < 1.29 is 19.4 Å². The lowest BCUT2D eigenvalue weighted by molar-refractivity contribution is -0.140. The molecule has 0 saturated heterocycles. The van der Waals surface area contributed by atoms with Gasteiger partial charge in [-0.2, -0.15) is 0 Å². The Morgan fingerprint density at radius 1 is 1.10 bits per heavy atom. The van der Waals surface area contributed by atoms with E-state index >= 15 is 0 Å². The molecule has 6 heteroatoms. The summed E-state index contributed by atoms with van der Waals surface area (Å²) in [6.07, 6.45) is 14.9. The van der Waals surface area contributed by atoms with E-state index in [4.69, 9.17) is 0 Å². The maximum atomic E-state index is 12.9. The van der Waals surface area contributed by atoms with Crippen LogP contribution in [0.3, 0.4) is 0 Å². The van der Waals surface area contributed by atoms with Crippen LogP contribution in [-0.2, 0) is 14.3 Å². The Bertz CT molecular complexity index is 664. The van der Waals surface area contributed by atoms with E-state index in [2.05, 4.69) is 15.0 Å². The van der Waals surface area contributed by atoms with Gasteiger partial charge in [-0.1, -0.05) is 32.1 Å². The van der Waals surface area contributed by atoms with Crippen LogP contribution in [0.15, 0.2) is 22.9 Å². The van der Waals surface area contributed by atoms with Crippen molar-refractivity contribution in [3.8, 4) is 0 Å². The van der Waals surface area contributed by atoms with E-state index in [0.717, 1.165) is 32.2 Å². The molecule has 0 aromatic heterocycles. The average Bonchev–Trinajstić information content (AvgIpc) is 2.74. The Labute approximate surface area is 180 Å². The first-order valence-corrected chi connectivity index (χ1v) is 11.8. The minimum atomic E-state index is -0.884. The first-order chi connectivity index (χ1) is 14.6. The molecule has 3 rings (SSSR count). The van der Waals surface area contributed by atoms with Gasteiger partial charge >= 0.3 is 5.97 Å². The minimum absolute atomic E-state index is 0.227. The average molecular weight is 419 g/mol. The van der Waals surface area contributed by atoms with E-state index < -0.39 is 6.23 Å². The molecule has 0 spiro atoms. The van der Waals surface area contributed by atoms with Crippen molar-refractivity contribution in [3.63, 3.8) is 0 Å². The molecule has 1 aliphatic heterocycles. The van der Waals surface area contributed by atoms with Crippen LogP contribution in [0, 0.1) is 5.92 Å². The van der Waals surface area contributed by atoms with Gasteiger partial charge in [0.05, 0.1) is 12.7 Å². The first kappa shape index (κ1) is 22.9. The zero-order valence-corrected chi connectivity index (χ0v) is 18.5.